The van der Waals surface area contributed by atoms with Gasteiger partial charge in [0.05, 0.1) is 0 Å². The van der Waals surface area contributed by atoms with Crippen molar-refractivity contribution in [1.29, 1.82) is 0 Å². The van der Waals surface area contributed by atoms with Gasteiger partial charge in [0.15, 0.2) is 5.96 Å². The van der Waals surface area contributed by atoms with Crippen LogP contribution in [0.3, 0.4) is 0 Å². The molecule has 1 amide bonds. The van der Waals surface area contributed by atoms with E-state index in [0.717, 1.165) is 49.4 Å². The van der Waals surface area contributed by atoms with Crippen molar-refractivity contribution in [3.8, 4) is 0 Å². The van der Waals surface area contributed by atoms with Crippen LogP contribution < -0.4 is 16.0 Å². The van der Waals surface area contributed by atoms with E-state index in [1.165, 1.54) is 0 Å². The number of esters is 1. The zero-order valence-electron chi connectivity index (χ0n) is 19.1. The van der Waals surface area contributed by atoms with Crippen LogP contribution in [-0.4, -0.2) is 43.6 Å². The summed E-state index contributed by atoms with van der Waals surface area (Å²) in [6.07, 6.45) is 4.85. The summed E-state index contributed by atoms with van der Waals surface area (Å²) >= 11 is 0. The molecule has 8 heteroatoms. The standard InChI is InChI=1S/C23H36N4O3.HI/c1-23(2,3)30-21(29)13-7-5-6-10-14-25-22(24-4)26-16-17-15-20(28)27-19-12-9-8-11-18(17)19;/h8-9,11-12,17H,5-7,10,13-16H2,1-4H3,(H,27,28)(H2,24,25,26);1H. The maximum atomic E-state index is 11.9. The highest BCUT2D eigenvalue weighted by Gasteiger charge is 2.24. The topological polar surface area (TPSA) is 91.8 Å². The van der Waals surface area contributed by atoms with E-state index in [0.29, 0.717) is 19.4 Å². The smallest absolute Gasteiger partial charge is 0.306 e. The van der Waals surface area contributed by atoms with Crippen LogP contribution in [-0.2, 0) is 14.3 Å². The van der Waals surface area contributed by atoms with Gasteiger partial charge in [-0.2, -0.15) is 0 Å². The highest BCUT2D eigenvalue weighted by Crippen LogP contribution is 2.31. The minimum Gasteiger partial charge on any atom is -0.460 e. The van der Waals surface area contributed by atoms with Crippen molar-refractivity contribution in [3.05, 3.63) is 29.8 Å². The molecule has 1 unspecified atom stereocenters. The number of nitrogens with zero attached hydrogens (tertiary/aromatic N) is 1. The summed E-state index contributed by atoms with van der Waals surface area (Å²) in [6.45, 7) is 7.13. The fourth-order valence-electron chi connectivity index (χ4n) is 3.47. The lowest BCUT2D eigenvalue weighted by atomic mass is 9.90. The van der Waals surface area contributed by atoms with Crippen LogP contribution in [0.4, 0.5) is 5.69 Å². The molecule has 1 aliphatic rings. The molecule has 3 N–H and O–H groups in total. The third-order valence-corrected chi connectivity index (χ3v) is 4.87. The van der Waals surface area contributed by atoms with Gasteiger partial charge in [-0.05, 0) is 45.2 Å². The van der Waals surface area contributed by atoms with E-state index < -0.39 is 5.60 Å². The normalized spacial score (nSPS) is 15.9. The second-order valence-corrected chi connectivity index (χ2v) is 8.67. The molecule has 1 atom stereocenters. The maximum absolute atomic E-state index is 11.9. The summed E-state index contributed by atoms with van der Waals surface area (Å²) in [4.78, 5) is 27.9. The van der Waals surface area contributed by atoms with Crippen molar-refractivity contribution >= 4 is 47.5 Å². The molecule has 0 radical (unpaired) electrons. The number of nitrogens with one attached hydrogen (secondary N) is 3. The number of rotatable bonds is 9. The Morgan fingerprint density at radius 3 is 2.58 bits per heavy atom. The summed E-state index contributed by atoms with van der Waals surface area (Å²) in [6, 6.07) is 7.94. The van der Waals surface area contributed by atoms with E-state index >= 15 is 0 Å². The number of fused-ring (bicyclic) bond motifs is 1. The predicted octanol–water partition coefficient (Wildman–Crippen LogP) is 4.19. The number of carbonyl (C=O) groups is 2. The first-order valence-electron chi connectivity index (χ1n) is 10.8. The van der Waals surface area contributed by atoms with Crippen molar-refractivity contribution in [3.63, 3.8) is 0 Å². The molecule has 1 aliphatic heterocycles. The minimum absolute atomic E-state index is 0. The van der Waals surface area contributed by atoms with Gasteiger partial charge in [0.2, 0.25) is 5.91 Å². The van der Waals surface area contributed by atoms with Crippen molar-refractivity contribution in [2.75, 3.05) is 25.5 Å². The summed E-state index contributed by atoms with van der Waals surface area (Å²) in [5, 5.41) is 9.59. The van der Waals surface area contributed by atoms with Crippen molar-refractivity contribution in [2.24, 2.45) is 4.99 Å². The zero-order chi connectivity index (χ0) is 22.0. The SMILES string of the molecule is CN=C(NCCCCCCC(=O)OC(C)(C)C)NCC1CC(=O)Nc2ccccc21.I. The van der Waals surface area contributed by atoms with Crippen LogP contribution in [0.2, 0.25) is 0 Å². The molecule has 0 fully saturated rings. The molecule has 0 aromatic heterocycles. The summed E-state index contributed by atoms with van der Waals surface area (Å²) in [5.74, 6) is 0.798. The second-order valence-electron chi connectivity index (χ2n) is 8.67. The number of benzene rings is 1. The monoisotopic (exact) mass is 544 g/mol. The first-order chi connectivity index (χ1) is 14.3. The van der Waals surface area contributed by atoms with Gasteiger partial charge in [0.1, 0.15) is 5.60 Å². The van der Waals surface area contributed by atoms with E-state index in [1.54, 1.807) is 7.05 Å². The number of amides is 1. The van der Waals surface area contributed by atoms with Gasteiger partial charge in [0.25, 0.3) is 0 Å². The third-order valence-electron chi connectivity index (χ3n) is 4.87. The van der Waals surface area contributed by atoms with Crippen LogP contribution in [0.5, 0.6) is 0 Å². The number of ether oxygens (including phenoxy) is 1. The number of anilines is 1. The largest absolute Gasteiger partial charge is 0.460 e. The number of hydrogen-bond acceptors (Lipinski definition) is 4. The molecular formula is C23H37IN4O3. The van der Waals surface area contributed by atoms with Gasteiger partial charge in [-0.1, -0.05) is 31.0 Å². The van der Waals surface area contributed by atoms with Crippen molar-refractivity contribution in [2.45, 2.75) is 70.8 Å². The fraction of sp³-hybridized carbons (Fsp3) is 0.609. The van der Waals surface area contributed by atoms with Crippen LogP contribution in [0.25, 0.3) is 0 Å². The Morgan fingerprint density at radius 1 is 1.16 bits per heavy atom. The average Bonchev–Trinajstić information content (AvgIpc) is 2.67. The number of halogens is 1. The molecule has 1 aromatic rings. The van der Waals surface area contributed by atoms with Crippen molar-refractivity contribution < 1.29 is 14.3 Å². The van der Waals surface area contributed by atoms with E-state index in [2.05, 4.69) is 27.0 Å². The zero-order valence-corrected chi connectivity index (χ0v) is 21.5. The Hall–Kier alpha value is -1.84. The Kier molecular flexibility index (Phi) is 11.9. The lowest BCUT2D eigenvalue weighted by Crippen LogP contribution is -2.41. The summed E-state index contributed by atoms with van der Waals surface area (Å²) in [5.41, 5.74) is 1.65. The Morgan fingerprint density at radius 2 is 1.87 bits per heavy atom. The quantitative estimate of drug-likeness (QED) is 0.143. The van der Waals surface area contributed by atoms with E-state index in [1.807, 2.05) is 39.0 Å². The fourth-order valence-corrected chi connectivity index (χ4v) is 3.47. The first-order valence-corrected chi connectivity index (χ1v) is 10.8. The molecular weight excluding hydrogens is 507 g/mol. The van der Waals surface area contributed by atoms with Gasteiger partial charge >= 0.3 is 5.97 Å². The average molecular weight is 544 g/mol. The molecule has 0 bridgehead atoms. The van der Waals surface area contributed by atoms with Crippen molar-refractivity contribution in [1.82, 2.24) is 10.6 Å². The molecule has 0 saturated carbocycles. The molecule has 31 heavy (non-hydrogen) atoms. The van der Waals surface area contributed by atoms with Crippen LogP contribution in [0.1, 0.15) is 70.8 Å². The Labute approximate surface area is 203 Å². The van der Waals surface area contributed by atoms with E-state index in [9.17, 15) is 9.59 Å². The molecule has 7 nitrogen and oxygen atoms in total. The number of para-hydroxylation sites is 1. The first kappa shape index (κ1) is 27.2. The van der Waals surface area contributed by atoms with Gasteiger partial charge in [0, 0.05) is 44.6 Å². The van der Waals surface area contributed by atoms with Gasteiger partial charge in [-0.25, -0.2) is 0 Å². The maximum Gasteiger partial charge on any atom is 0.306 e. The molecule has 0 aliphatic carbocycles. The minimum atomic E-state index is -0.409. The van der Waals surface area contributed by atoms with Crippen LogP contribution in [0.15, 0.2) is 29.3 Å². The number of unbranched alkanes of at least 4 members (excludes halogenated alkanes) is 3. The number of aliphatic imine (C=N–C) groups is 1. The van der Waals surface area contributed by atoms with Gasteiger partial charge < -0.3 is 20.7 Å². The molecule has 1 heterocycles. The summed E-state index contributed by atoms with van der Waals surface area (Å²) < 4.78 is 5.32. The Balaban J connectivity index is 0.00000480. The highest BCUT2D eigenvalue weighted by molar-refractivity contribution is 14.0. The van der Waals surface area contributed by atoms with Crippen LogP contribution >= 0.6 is 24.0 Å². The molecule has 2 rings (SSSR count). The molecule has 1 aromatic carbocycles. The lowest BCUT2D eigenvalue weighted by Gasteiger charge is -2.26. The Bertz CT molecular complexity index is 747. The molecule has 0 saturated heterocycles. The second kappa shape index (κ2) is 13.5. The van der Waals surface area contributed by atoms with E-state index in [-0.39, 0.29) is 41.8 Å². The summed E-state index contributed by atoms with van der Waals surface area (Å²) in [7, 11) is 1.75. The number of carbonyl (C=O) groups excluding carboxylic acids is 2. The lowest BCUT2D eigenvalue weighted by molar-refractivity contribution is -0.154. The third kappa shape index (κ3) is 10.3. The van der Waals surface area contributed by atoms with Gasteiger partial charge in [-0.3, -0.25) is 14.6 Å². The molecule has 174 valence electrons. The van der Waals surface area contributed by atoms with E-state index in [4.69, 9.17) is 4.74 Å². The molecule has 0 spiro atoms. The van der Waals surface area contributed by atoms with Gasteiger partial charge in [-0.15, -0.1) is 24.0 Å². The number of guanidine groups is 1. The predicted molar refractivity (Wildman–Crippen MR) is 136 cm³/mol. The highest BCUT2D eigenvalue weighted by atomic mass is 127. The number of hydrogen-bond donors (Lipinski definition) is 3. The van der Waals surface area contributed by atoms with Crippen LogP contribution in [0, 0.1) is 0 Å².